The van der Waals surface area contributed by atoms with Crippen LogP contribution < -0.4 is 16.0 Å². The average molecular weight is 383 g/mol. The van der Waals surface area contributed by atoms with E-state index < -0.39 is 25.4 Å². The van der Waals surface area contributed by atoms with Gasteiger partial charge in [0, 0.05) is 0 Å². The van der Waals surface area contributed by atoms with Gasteiger partial charge in [0.2, 0.25) is 0 Å². The van der Waals surface area contributed by atoms with Crippen LogP contribution in [0.3, 0.4) is 0 Å². The number of benzene rings is 1. The van der Waals surface area contributed by atoms with Gasteiger partial charge in [0.25, 0.3) is 0 Å². The Morgan fingerprint density at radius 3 is 2.14 bits per heavy atom. The van der Waals surface area contributed by atoms with Crippen molar-refractivity contribution in [3.63, 3.8) is 0 Å². The Balaban J connectivity index is 2.64. The molecule has 2 rings (SSSR count). The fourth-order valence-electron chi connectivity index (χ4n) is 3.18. The van der Waals surface area contributed by atoms with Gasteiger partial charge in [-0.05, 0) is 0 Å². The topological polar surface area (TPSA) is 36.1 Å². The zero-order valence-corrected chi connectivity index (χ0v) is 18.0. The van der Waals surface area contributed by atoms with Crippen molar-refractivity contribution in [2.75, 3.05) is 31.8 Å². The Bertz CT molecular complexity index is 567. The number of likely N-dealkylation sites (N-methyl/N-ethyl adjacent to an activating group) is 1. The Morgan fingerprint density at radius 1 is 1.00 bits per heavy atom. The third-order valence-electron chi connectivity index (χ3n) is 5.21. The molecule has 0 fully saturated rings. The molecule has 0 saturated heterocycles. The third kappa shape index (κ3) is 2.87. The maximum absolute atomic E-state index is 3.50. The van der Waals surface area contributed by atoms with E-state index in [2.05, 4.69) is 63.6 Å². The number of allylic oxidation sites excluding steroid dienone is 1. The summed E-state index contributed by atoms with van der Waals surface area (Å²) in [6.45, 7) is 5.09. The van der Waals surface area contributed by atoms with Gasteiger partial charge < -0.3 is 0 Å². The van der Waals surface area contributed by atoms with E-state index >= 15 is 0 Å². The first-order chi connectivity index (χ1) is 9.86. The van der Waals surface area contributed by atoms with Gasteiger partial charge in [-0.1, -0.05) is 0 Å². The monoisotopic (exact) mass is 381 g/mol. The fourth-order valence-corrected chi connectivity index (χ4v) is 16.0. The molecule has 1 aromatic rings. The van der Waals surface area contributed by atoms with Crippen LogP contribution in [0.2, 0.25) is 22.4 Å². The molecule has 0 radical (unpaired) electrons. The number of fused-ring (bicyclic) bond motifs is 1. The Kier molecular flexibility index (Phi) is 5.04. The zero-order chi connectivity index (χ0) is 15.8. The second-order valence-corrected chi connectivity index (χ2v) is 36.8. The first-order valence-electron chi connectivity index (χ1n) is 7.79. The summed E-state index contributed by atoms with van der Waals surface area (Å²) in [7, 11) is 6.09. The van der Waals surface area contributed by atoms with Gasteiger partial charge >= 0.3 is 135 Å². The molecule has 1 aromatic carbocycles. The molecule has 5 heteroatoms. The van der Waals surface area contributed by atoms with Crippen LogP contribution in [0.5, 0.6) is 0 Å². The summed E-state index contributed by atoms with van der Waals surface area (Å²) in [4.78, 5) is 0. The second kappa shape index (κ2) is 6.29. The van der Waals surface area contributed by atoms with Gasteiger partial charge in [0.15, 0.2) is 0 Å². The van der Waals surface area contributed by atoms with Crippen molar-refractivity contribution >= 4 is 23.4 Å². The van der Waals surface area contributed by atoms with Crippen molar-refractivity contribution in [3.8, 4) is 0 Å². The summed E-state index contributed by atoms with van der Waals surface area (Å²) < 4.78 is 5.95. The van der Waals surface area contributed by atoms with Crippen LogP contribution in [-0.4, -0.2) is 27.1 Å². The molecule has 0 saturated carbocycles. The van der Waals surface area contributed by atoms with Crippen LogP contribution in [-0.2, 0) is 19.4 Å². The minimum atomic E-state index is -2.14. The fraction of sp³-hybridized carbons (Fsp3) is 0.500. The Hall–Kier alpha value is -0.540. The van der Waals surface area contributed by atoms with Crippen LogP contribution in [0.25, 0.3) is 6.08 Å². The summed E-state index contributed by atoms with van der Waals surface area (Å²) in [5, 5.41) is 10.2. The number of hydrogen-bond acceptors (Lipinski definition) is 3. The molecule has 116 valence electrons. The third-order valence-corrected chi connectivity index (χ3v) is 37.3. The summed E-state index contributed by atoms with van der Waals surface area (Å²) in [5.74, 6) is -0.605. The van der Waals surface area contributed by atoms with Gasteiger partial charge in [-0.15, -0.1) is 0 Å². The second-order valence-electron chi connectivity index (χ2n) is 6.79. The molecule has 3 N–H and O–H groups in total. The minimum absolute atomic E-state index is 0.605. The van der Waals surface area contributed by atoms with Gasteiger partial charge in [-0.3, -0.25) is 0 Å². The molecule has 1 aliphatic rings. The molecule has 1 unspecified atom stereocenters. The predicted octanol–water partition coefficient (Wildman–Crippen LogP) is 3.62. The van der Waals surface area contributed by atoms with E-state index in [1.165, 1.54) is 28.2 Å². The van der Waals surface area contributed by atoms with Crippen LogP contribution in [0, 0.1) is 0 Å². The molecule has 0 amide bonds. The summed E-state index contributed by atoms with van der Waals surface area (Å²) in [6.07, 6.45) is 2.38. The molecular weight excluding hydrogens is 354 g/mol. The maximum atomic E-state index is 3.50. The van der Waals surface area contributed by atoms with Gasteiger partial charge in [-0.2, -0.15) is 0 Å². The Labute approximate surface area is 134 Å². The molecule has 0 aromatic heterocycles. The van der Waals surface area contributed by atoms with E-state index in [-0.39, 0.29) is 0 Å². The van der Waals surface area contributed by atoms with E-state index in [0.29, 0.717) is 3.63 Å². The molecule has 1 aliphatic carbocycles. The van der Waals surface area contributed by atoms with Gasteiger partial charge in [0.05, 0.1) is 0 Å². The van der Waals surface area contributed by atoms with Crippen LogP contribution in [0.1, 0.15) is 14.8 Å². The van der Waals surface area contributed by atoms with E-state index in [9.17, 15) is 0 Å². The summed E-state index contributed by atoms with van der Waals surface area (Å²) >= 11 is -2.14. The van der Waals surface area contributed by atoms with Crippen molar-refractivity contribution in [3.05, 3.63) is 29.0 Å². The predicted molar refractivity (Wildman–Crippen MR) is 95.9 cm³/mol. The molecule has 0 aliphatic heterocycles. The standard InChI is InChI=1S/C12H16N3.C2H7Si.2CH3.Zr/c1-13-9-4-8-5-10(14-2)7-12(15-3)11(8)6-9;1-3-2;;;/h4-7,13-15H,1-3H3;3H,1-2H3;2*1H3;. The number of nitrogens with one attached hydrogen (secondary N) is 3. The summed E-state index contributed by atoms with van der Waals surface area (Å²) in [5.41, 5.74) is 6.82. The number of hydrogen-bond donors (Lipinski definition) is 3. The van der Waals surface area contributed by atoms with Gasteiger partial charge in [-0.25, -0.2) is 0 Å². The van der Waals surface area contributed by atoms with Gasteiger partial charge in [0.1, 0.15) is 0 Å². The Morgan fingerprint density at radius 2 is 1.67 bits per heavy atom. The van der Waals surface area contributed by atoms with Crippen molar-refractivity contribution in [2.24, 2.45) is 0 Å². The summed E-state index contributed by atoms with van der Waals surface area (Å²) in [6, 6.07) is 4.58. The molecule has 0 spiro atoms. The number of anilines is 2. The van der Waals surface area contributed by atoms with Crippen LogP contribution in [0.15, 0.2) is 17.8 Å². The SMILES string of the molecule is CNC1=Cc2c(NC)cc(NC)cc2[CH]1[Zr]([CH3])([CH3])[SiH](C)C. The molecule has 1 atom stereocenters. The van der Waals surface area contributed by atoms with Crippen LogP contribution >= 0.6 is 0 Å². The van der Waals surface area contributed by atoms with E-state index in [1.807, 2.05) is 14.1 Å². The van der Waals surface area contributed by atoms with Crippen molar-refractivity contribution < 1.29 is 19.4 Å². The molecule has 0 bridgehead atoms. The molecule has 3 nitrogen and oxygen atoms in total. The molecule has 21 heavy (non-hydrogen) atoms. The normalized spacial score (nSPS) is 17.5. The van der Waals surface area contributed by atoms with Crippen molar-refractivity contribution in [1.29, 1.82) is 0 Å². The molecule has 0 heterocycles. The quantitative estimate of drug-likeness (QED) is 0.681. The van der Waals surface area contributed by atoms with Crippen molar-refractivity contribution in [1.82, 2.24) is 5.32 Å². The van der Waals surface area contributed by atoms with E-state index in [4.69, 9.17) is 0 Å². The number of rotatable bonds is 5. The first kappa shape index (κ1) is 16.8. The van der Waals surface area contributed by atoms with Crippen LogP contribution in [0.4, 0.5) is 11.4 Å². The van der Waals surface area contributed by atoms with E-state index in [0.717, 1.165) is 0 Å². The zero-order valence-electron chi connectivity index (χ0n) is 14.4. The van der Waals surface area contributed by atoms with Crippen molar-refractivity contribution in [2.45, 2.75) is 26.0 Å². The van der Waals surface area contributed by atoms with E-state index in [1.54, 1.807) is 0 Å². The first-order valence-corrected chi connectivity index (χ1v) is 21.3. The molecular formula is C16H29N3SiZr. The average Bonchev–Trinajstić information content (AvgIpc) is 2.84.